The molecule has 0 saturated heterocycles. The number of hydrogen-bond acceptors (Lipinski definition) is 2. The Labute approximate surface area is 129 Å². The van der Waals surface area contributed by atoms with Crippen molar-refractivity contribution in [1.82, 2.24) is 5.32 Å². The fraction of sp³-hybridized carbons (Fsp3) is 0.667. The van der Waals surface area contributed by atoms with Crippen LogP contribution in [0.4, 0.5) is 4.39 Å². The number of hydrogen-bond donors (Lipinski definition) is 1. The van der Waals surface area contributed by atoms with E-state index in [1.54, 1.807) is 19.2 Å². The molecule has 1 aromatic carbocycles. The van der Waals surface area contributed by atoms with Crippen molar-refractivity contribution in [3.05, 3.63) is 29.6 Å². The minimum absolute atomic E-state index is 0.159. The van der Waals surface area contributed by atoms with Crippen LogP contribution in [0.5, 0.6) is 5.75 Å². The van der Waals surface area contributed by atoms with Gasteiger partial charge < -0.3 is 10.1 Å². The summed E-state index contributed by atoms with van der Waals surface area (Å²) in [7, 11) is 3.56. The maximum Gasteiger partial charge on any atom is 0.123 e. The third-order valence-electron chi connectivity index (χ3n) is 4.01. The lowest BCUT2D eigenvalue weighted by atomic mass is 9.98. The number of unbranched alkanes of at least 4 members (excludes halogenated alkanes) is 6. The molecule has 0 amide bonds. The van der Waals surface area contributed by atoms with Gasteiger partial charge in [0, 0.05) is 11.6 Å². The monoisotopic (exact) mass is 295 g/mol. The molecule has 2 nitrogen and oxygen atoms in total. The van der Waals surface area contributed by atoms with Crippen LogP contribution in [0.1, 0.15) is 69.9 Å². The summed E-state index contributed by atoms with van der Waals surface area (Å²) in [5.41, 5.74) is 0.922. The molecule has 0 aliphatic carbocycles. The first kappa shape index (κ1) is 18.0. The van der Waals surface area contributed by atoms with Gasteiger partial charge in [-0.25, -0.2) is 4.39 Å². The summed E-state index contributed by atoms with van der Waals surface area (Å²) in [6.07, 6.45) is 10.1. The van der Waals surface area contributed by atoms with E-state index in [9.17, 15) is 4.39 Å². The highest BCUT2D eigenvalue weighted by Crippen LogP contribution is 2.29. The summed E-state index contributed by atoms with van der Waals surface area (Å²) < 4.78 is 18.8. The Morgan fingerprint density at radius 3 is 2.38 bits per heavy atom. The fourth-order valence-electron chi connectivity index (χ4n) is 2.74. The molecule has 0 spiro atoms. The molecule has 0 fully saturated rings. The molecular weight excluding hydrogens is 265 g/mol. The van der Waals surface area contributed by atoms with Crippen LogP contribution in [0.15, 0.2) is 18.2 Å². The van der Waals surface area contributed by atoms with Gasteiger partial charge in [0.05, 0.1) is 7.11 Å². The number of methoxy groups -OCH3 is 1. The maximum absolute atomic E-state index is 13.5. The summed E-state index contributed by atoms with van der Waals surface area (Å²) >= 11 is 0. The maximum atomic E-state index is 13.5. The van der Waals surface area contributed by atoms with E-state index >= 15 is 0 Å². The highest BCUT2D eigenvalue weighted by molar-refractivity contribution is 5.36. The lowest BCUT2D eigenvalue weighted by molar-refractivity contribution is 0.394. The molecule has 0 aliphatic heterocycles. The van der Waals surface area contributed by atoms with Crippen molar-refractivity contribution in [2.75, 3.05) is 14.2 Å². The Bertz CT molecular complexity index is 395. The summed E-state index contributed by atoms with van der Waals surface area (Å²) in [5.74, 6) is 0.560. The Kier molecular flexibility index (Phi) is 9.07. The van der Waals surface area contributed by atoms with Crippen molar-refractivity contribution in [1.29, 1.82) is 0 Å². The molecule has 0 aliphatic rings. The van der Waals surface area contributed by atoms with Gasteiger partial charge in [-0.15, -0.1) is 0 Å². The molecule has 0 aromatic heterocycles. The molecule has 0 bridgehead atoms. The number of nitrogens with one attached hydrogen (secondary N) is 1. The van der Waals surface area contributed by atoms with Crippen LogP contribution in [0, 0.1) is 5.82 Å². The minimum atomic E-state index is -0.203. The van der Waals surface area contributed by atoms with Gasteiger partial charge in [0.2, 0.25) is 0 Å². The van der Waals surface area contributed by atoms with E-state index in [-0.39, 0.29) is 11.9 Å². The zero-order chi connectivity index (χ0) is 15.5. The van der Waals surface area contributed by atoms with Crippen molar-refractivity contribution in [3.63, 3.8) is 0 Å². The highest BCUT2D eigenvalue weighted by atomic mass is 19.1. The summed E-state index contributed by atoms with van der Waals surface area (Å²) in [4.78, 5) is 0. The summed E-state index contributed by atoms with van der Waals surface area (Å²) in [6, 6.07) is 4.90. The summed E-state index contributed by atoms with van der Waals surface area (Å²) in [5, 5.41) is 3.28. The number of rotatable bonds is 11. The van der Waals surface area contributed by atoms with Crippen molar-refractivity contribution >= 4 is 0 Å². The number of ether oxygens (including phenoxy) is 1. The zero-order valence-corrected chi connectivity index (χ0v) is 13.8. The third kappa shape index (κ3) is 6.47. The highest BCUT2D eigenvalue weighted by Gasteiger charge is 2.15. The molecule has 120 valence electrons. The van der Waals surface area contributed by atoms with Crippen LogP contribution < -0.4 is 10.1 Å². The van der Waals surface area contributed by atoms with Gasteiger partial charge in [-0.3, -0.25) is 0 Å². The van der Waals surface area contributed by atoms with Gasteiger partial charge in [-0.1, -0.05) is 51.9 Å². The first-order valence-corrected chi connectivity index (χ1v) is 8.23. The predicted octanol–water partition coefficient (Wildman–Crippen LogP) is 5.24. The zero-order valence-electron chi connectivity index (χ0n) is 13.8. The van der Waals surface area contributed by atoms with E-state index in [4.69, 9.17) is 4.74 Å². The van der Waals surface area contributed by atoms with Crippen molar-refractivity contribution in [2.45, 2.75) is 64.3 Å². The normalized spacial score (nSPS) is 12.4. The largest absolute Gasteiger partial charge is 0.496 e. The van der Waals surface area contributed by atoms with Gasteiger partial charge >= 0.3 is 0 Å². The first-order chi connectivity index (χ1) is 10.2. The van der Waals surface area contributed by atoms with E-state index in [0.29, 0.717) is 0 Å². The predicted molar refractivity (Wildman–Crippen MR) is 87.4 cm³/mol. The average Bonchev–Trinajstić information content (AvgIpc) is 2.50. The van der Waals surface area contributed by atoms with E-state index in [1.165, 1.54) is 44.6 Å². The molecule has 3 heteroatoms. The smallest absolute Gasteiger partial charge is 0.123 e. The Hall–Kier alpha value is -1.09. The lowest BCUT2D eigenvalue weighted by Gasteiger charge is -2.19. The van der Waals surface area contributed by atoms with Crippen molar-refractivity contribution < 1.29 is 9.13 Å². The molecule has 21 heavy (non-hydrogen) atoms. The van der Waals surface area contributed by atoms with E-state index in [1.807, 2.05) is 7.05 Å². The number of benzene rings is 1. The van der Waals surface area contributed by atoms with Crippen molar-refractivity contribution in [2.24, 2.45) is 0 Å². The van der Waals surface area contributed by atoms with E-state index in [2.05, 4.69) is 12.2 Å². The standard InChI is InChI=1S/C18H30FNO/c1-4-5-6-7-8-9-10-11-17(20-2)16-14-15(19)12-13-18(16)21-3/h12-14,17,20H,4-11H2,1-3H3. The van der Waals surface area contributed by atoms with Gasteiger partial charge in [0.25, 0.3) is 0 Å². The molecular formula is C18H30FNO. The van der Waals surface area contributed by atoms with Crippen molar-refractivity contribution in [3.8, 4) is 5.75 Å². The summed E-state index contributed by atoms with van der Waals surface area (Å²) in [6.45, 7) is 2.24. The van der Waals surface area contributed by atoms with Crippen LogP contribution >= 0.6 is 0 Å². The van der Waals surface area contributed by atoms with Crippen LogP contribution in [0.25, 0.3) is 0 Å². The fourth-order valence-corrected chi connectivity index (χ4v) is 2.74. The molecule has 1 N–H and O–H groups in total. The van der Waals surface area contributed by atoms with Gasteiger partial charge in [-0.05, 0) is 31.7 Å². The first-order valence-electron chi connectivity index (χ1n) is 8.23. The SMILES string of the molecule is CCCCCCCCCC(NC)c1cc(F)ccc1OC. The average molecular weight is 295 g/mol. The molecule has 1 aromatic rings. The molecule has 0 heterocycles. The minimum Gasteiger partial charge on any atom is -0.496 e. The lowest BCUT2D eigenvalue weighted by Crippen LogP contribution is -2.17. The molecule has 1 rings (SSSR count). The number of halogens is 1. The Morgan fingerprint density at radius 1 is 1.10 bits per heavy atom. The molecule has 0 radical (unpaired) electrons. The van der Waals surface area contributed by atoms with E-state index < -0.39 is 0 Å². The van der Waals surface area contributed by atoms with E-state index in [0.717, 1.165) is 24.2 Å². The van der Waals surface area contributed by atoms with Crippen LogP contribution in [0.2, 0.25) is 0 Å². The van der Waals surface area contributed by atoms with Gasteiger partial charge in [0.15, 0.2) is 0 Å². The molecule has 0 saturated carbocycles. The van der Waals surface area contributed by atoms with Crippen LogP contribution in [0.3, 0.4) is 0 Å². The molecule has 1 atom stereocenters. The molecule has 1 unspecified atom stereocenters. The van der Waals surface area contributed by atoms with Gasteiger partial charge in [-0.2, -0.15) is 0 Å². The second kappa shape index (κ2) is 10.6. The second-order valence-corrected chi connectivity index (χ2v) is 5.64. The third-order valence-corrected chi connectivity index (χ3v) is 4.01. The quantitative estimate of drug-likeness (QED) is 0.564. The van der Waals surface area contributed by atoms with Crippen LogP contribution in [-0.4, -0.2) is 14.2 Å². The topological polar surface area (TPSA) is 21.3 Å². The Balaban J connectivity index is 2.42. The van der Waals surface area contributed by atoms with Crippen LogP contribution in [-0.2, 0) is 0 Å². The Morgan fingerprint density at radius 2 is 1.76 bits per heavy atom. The second-order valence-electron chi connectivity index (χ2n) is 5.64. The van der Waals surface area contributed by atoms with Gasteiger partial charge in [0.1, 0.15) is 11.6 Å².